The molecule has 1 unspecified atom stereocenters. The van der Waals surface area contributed by atoms with Gasteiger partial charge in [0, 0.05) is 11.9 Å². The lowest BCUT2D eigenvalue weighted by molar-refractivity contribution is 0.177. The molecule has 1 atom stereocenters. The number of hydrogen-bond acceptors (Lipinski definition) is 1. The van der Waals surface area contributed by atoms with Crippen molar-refractivity contribution in [1.82, 2.24) is 4.90 Å². The summed E-state index contributed by atoms with van der Waals surface area (Å²) in [5.41, 5.74) is 2.70. The van der Waals surface area contributed by atoms with Gasteiger partial charge in [0.25, 0.3) is 0 Å². The molecule has 0 radical (unpaired) electrons. The smallest absolute Gasteiger partial charge is 0.0483 e. The summed E-state index contributed by atoms with van der Waals surface area (Å²) in [5.74, 6) is 0.698. The van der Waals surface area contributed by atoms with E-state index < -0.39 is 0 Å². The zero-order chi connectivity index (χ0) is 11.4. The van der Waals surface area contributed by atoms with Crippen molar-refractivity contribution in [2.45, 2.75) is 32.2 Å². The number of likely N-dealkylation sites (tertiary alicyclic amines) is 1. The van der Waals surface area contributed by atoms with Crippen LogP contribution in [0.1, 0.15) is 36.4 Å². The average Bonchev–Trinajstić information content (AvgIpc) is 2.31. The van der Waals surface area contributed by atoms with Gasteiger partial charge in [-0.1, -0.05) is 36.2 Å². The van der Waals surface area contributed by atoms with Crippen LogP contribution in [0.15, 0.2) is 24.3 Å². The summed E-state index contributed by atoms with van der Waals surface area (Å²) in [5, 5.41) is 0. The maximum atomic E-state index is 6.15. The fourth-order valence-electron chi connectivity index (χ4n) is 2.50. The second kappa shape index (κ2) is 5.70. The van der Waals surface area contributed by atoms with Crippen LogP contribution in [-0.2, 0) is 0 Å². The molecule has 1 heterocycles. The maximum absolute atomic E-state index is 6.15. The van der Waals surface area contributed by atoms with Crippen LogP contribution in [0, 0.1) is 6.92 Å². The Kier molecular flexibility index (Phi) is 4.25. The Morgan fingerprint density at radius 1 is 1.25 bits per heavy atom. The lowest BCUT2D eigenvalue weighted by Gasteiger charge is -2.33. The first-order valence-corrected chi connectivity index (χ1v) is 6.71. The van der Waals surface area contributed by atoms with Gasteiger partial charge in [-0.15, -0.1) is 11.6 Å². The van der Waals surface area contributed by atoms with Crippen molar-refractivity contribution in [1.29, 1.82) is 0 Å². The third kappa shape index (κ3) is 2.78. The first-order chi connectivity index (χ1) is 7.81. The van der Waals surface area contributed by atoms with E-state index in [1.807, 2.05) is 0 Å². The molecule has 0 aromatic heterocycles. The van der Waals surface area contributed by atoms with Crippen LogP contribution in [0.25, 0.3) is 0 Å². The summed E-state index contributed by atoms with van der Waals surface area (Å²) in [7, 11) is 0. The third-order valence-electron chi connectivity index (χ3n) is 3.40. The van der Waals surface area contributed by atoms with Gasteiger partial charge >= 0.3 is 0 Å². The summed E-state index contributed by atoms with van der Waals surface area (Å²) < 4.78 is 0. The molecule has 2 rings (SSSR count). The van der Waals surface area contributed by atoms with Crippen molar-refractivity contribution >= 4 is 11.6 Å². The van der Waals surface area contributed by atoms with Crippen LogP contribution in [-0.4, -0.2) is 23.9 Å². The fraction of sp³-hybridized carbons (Fsp3) is 0.571. The van der Waals surface area contributed by atoms with Crippen LogP contribution in [0.2, 0.25) is 0 Å². The predicted molar refractivity (Wildman–Crippen MR) is 70.1 cm³/mol. The summed E-state index contributed by atoms with van der Waals surface area (Å²) in [4.78, 5) is 2.53. The van der Waals surface area contributed by atoms with Gasteiger partial charge in [0.15, 0.2) is 0 Å². The van der Waals surface area contributed by atoms with Crippen LogP contribution in [0.3, 0.4) is 0 Å². The van der Waals surface area contributed by atoms with Crippen LogP contribution >= 0.6 is 11.6 Å². The van der Waals surface area contributed by atoms with Gasteiger partial charge in [0.2, 0.25) is 0 Å². The van der Waals surface area contributed by atoms with E-state index in [0.717, 1.165) is 0 Å². The van der Waals surface area contributed by atoms with Crippen molar-refractivity contribution in [3.05, 3.63) is 35.4 Å². The third-order valence-corrected chi connectivity index (χ3v) is 3.70. The van der Waals surface area contributed by atoms with E-state index >= 15 is 0 Å². The molecule has 1 aliphatic heterocycles. The number of rotatable bonds is 3. The van der Waals surface area contributed by atoms with E-state index in [4.69, 9.17) is 11.6 Å². The molecular formula is C14H20ClN. The van der Waals surface area contributed by atoms with E-state index in [1.54, 1.807) is 0 Å². The van der Waals surface area contributed by atoms with Crippen molar-refractivity contribution in [2.75, 3.05) is 19.0 Å². The van der Waals surface area contributed by atoms with Gasteiger partial charge in [0.1, 0.15) is 0 Å². The zero-order valence-corrected chi connectivity index (χ0v) is 10.7. The molecule has 1 saturated heterocycles. The molecule has 1 aromatic rings. The maximum Gasteiger partial charge on any atom is 0.0483 e. The normalized spacial score (nSPS) is 19.6. The number of hydrogen-bond donors (Lipinski definition) is 0. The molecule has 16 heavy (non-hydrogen) atoms. The second-order valence-corrected chi connectivity index (χ2v) is 4.99. The number of alkyl halides is 1. The van der Waals surface area contributed by atoms with Gasteiger partial charge in [-0.25, -0.2) is 0 Å². The van der Waals surface area contributed by atoms with E-state index in [9.17, 15) is 0 Å². The number of nitrogens with zero attached hydrogens (tertiary/aromatic N) is 1. The molecule has 88 valence electrons. The second-order valence-electron chi connectivity index (χ2n) is 4.68. The molecule has 2 heteroatoms. The Bertz CT molecular complexity index is 331. The van der Waals surface area contributed by atoms with Crippen LogP contribution < -0.4 is 0 Å². The first kappa shape index (κ1) is 11.9. The van der Waals surface area contributed by atoms with Crippen molar-refractivity contribution < 1.29 is 0 Å². The Morgan fingerprint density at radius 3 is 2.62 bits per heavy atom. The Balaban J connectivity index is 2.14. The summed E-state index contributed by atoms with van der Waals surface area (Å²) in [6.07, 6.45) is 4.01. The Labute approximate surface area is 103 Å². The van der Waals surface area contributed by atoms with Gasteiger partial charge in [-0.3, -0.25) is 4.90 Å². The Morgan fingerprint density at radius 2 is 2.00 bits per heavy atom. The van der Waals surface area contributed by atoms with Gasteiger partial charge < -0.3 is 0 Å². The average molecular weight is 238 g/mol. The number of piperidine rings is 1. The summed E-state index contributed by atoms with van der Waals surface area (Å²) in [6.45, 7) is 4.54. The SMILES string of the molecule is Cc1cccc(C(CCl)N2CCCCC2)c1. The lowest BCUT2D eigenvalue weighted by atomic mass is 10.0. The monoisotopic (exact) mass is 237 g/mol. The first-order valence-electron chi connectivity index (χ1n) is 6.18. The molecule has 1 fully saturated rings. The van der Waals surface area contributed by atoms with Crippen molar-refractivity contribution in [3.8, 4) is 0 Å². The van der Waals surface area contributed by atoms with Crippen molar-refractivity contribution in [2.24, 2.45) is 0 Å². The zero-order valence-electron chi connectivity index (χ0n) is 9.95. The van der Waals surface area contributed by atoms with Crippen LogP contribution in [0.5, 0.6) is 0 Å². The number of halogens is 1. The highest BCUT2D eigenvalue weighted by molar-refractivity contribution is 6.18. The predicted octanol–water partition coefficient (Wildman–Crippen LogP) is 3.76. The molecule has 0 saturated carbocycles. The van der Waals surface area contributed by atoms with E-state index in [0.29, 0.717) is 11.9 Å². The van der Waals surface area contributed by atoms with E-state index in [2.05, 4.69) is 36.1 Å². The highest BCUT2D eigenvalue weighted by atomic mass is 35.5. The topological polar surface area (TPSA) is 3.24 Å². The van der Waals surface area contributed by atoms with Crippen molar-refractivity contribution in [3.63, 3.8) is 0 Å². The minimum absolute atomic E-state index is 0.405. The molecule has 0 N–H and O–H groups in total. The molecule has 0 bridgehead atoms. The fourth-order valence-corrected chi connectivity index (χ4v) is 2.88. The summed E-state index contributed by atoms with van der Waals surface area (Å²) >= 11 is 6.15. The molecule has 0 aliphatic carbocycles. The highest BCUT2D eigenvalue weighted by Crippen LogP contribution is 2.26. The highest BCUT2D eigenvalue weighted by Gasteiger charge is 2.21. The summed E-state index contributed by atoms with van der Waals surface area (Å²) in [6, 6.07) is 9.15. The van der Waals surface area contributed by atoms with E-state index in [-0.39, 0.29) is 0 Å². The number of aryl methyl sites for hydroxylation is 1. The quantitative estimate of drug-likeness (QED) is 0.724. The van der Waals surface area contributed by atoms with Gasteiger partial charge in [0.05, 0.1) is 0 Å². The molecule has 0 amide bonds. The minimum Gasteiger partial charge on any atom is -0.295 e. The molecular weight excluding hydrogens is 218 g/mol. The Hall–Kier alpha value is -0.530. The van der Waals surface area contributed by atoms with Gasteiger partial charge in [-0.2, -0.15) is 0 Å². The standard InChI is InChI=1S/C14H20ClN/c1-12-6-5-7-13(10-12)14(11-15)16-8-3-2-4-9-16/h5-7,10,14H,2-4,8-9,11H2,1H3. The number of benzene rings is 1. The molecule has 1 aliphatic rings. The molecule has 1 aromatic carbocycles. The van der Waals surface area contributed by atoms with Crippen LogP contribution in [0.4, 0.5) is 0 Å². The van der Waals surface area contributed by atoms with E-state index in [1.165, 1.54) is 43.5 Å². The molecule has 0 spiro atoms. The lowest BCUT2D eigenvalue weighted by Crippen LogP contribution is -2.34. The largest absolute Gasteiger partial charge is 0.295 e. The molecule has 1 nitrogen and oxygen atoms in total. The minimum atomic E-state index is 0.405. The van der Waals surface area contributed by atoms with Gasteiger partial charge in [-0.05, 0) is 38.4 Å².